The third kappa shape index (κ3) is 2.75. The van der Waals surface area contributed by atoms with Crippen molar-refractivity contribution in [3.8, 4) is 0 Å². The van der Waals surface area contributed by atoms with E-state index in [9.17, 15) is 0 Å². The maximum absolute atomic E-state index is 8.63. The van der Waals surface area contributed by atoms with Gasteiger partial charge in [-0.25, -0.2) is 4.98 Å². The van der Waals surface area contributed by atoms with Crippen LogP contribution in [0, 0.1) is 0 Å². The Morgan fingerprint density at radius 3 is 3.06 bits per heavy atom. The molecule has 0 amide bonds. The molecule has 2 aromatic heterocycles. The van der Waals surface area contributed by atoms with Gasteiger partial charge in [0, 0.05) is 24.3 Å². The lowest BCUT2D eigenvalue weighted by Gasteiger charge is -2.18. The Balaban J connectivity index is 2.17. The SMILES string of the molecule is CN(Cc1cscn1)c1ccnc(C(N)=NO)c1. The number of anilines is 1. The van der Waals surface area contributed by atoms with Crippen molar-refractivity contribution in [2.75, 3.05) is 11.9 Å². The smallest absolute Gasteiger partial charge is 0.188 e. The van der Waals surface area contributed by atoms with Gasteiger partial charge in [-0.2, -0.15) is 0 Å². The van der Waals surface area contributed by atoms with E-state index in [1.807, 2.05) is 23.4 Å². The standard InChI is InChI=1S/C11H13N5OS/c1-16(5-8-6-18-7-14-8)9-2-3-13-10(4-9)11(12)15-17/h2-4,6-7,17H,5H2,1H3,(H2,12,15). The summed E-state index contributed by atoms with van der Waals surface area (Å²) < 4.78 is 0. The van der Waals surface area contributed by atoms with Crippen molar-refractivity contribution < 1.29 is 5.21 Å². The maximum Gasteiger partial charge on any atom is 0.188 e. The molecule has 0 fully saturated rings. The molecule has 0 radical (unpaired) electrons. The maximum atomic E-state index is 8.63. The Kier molecular flexibility index (Phi) is 3.73. The minimum absolute atomic E-state index is 0.00101. The molecule has 0 saturated carbocycles. The van der Waals surface area contributed by atoms with Crippen LogP contribution in [-0.2, 0) is 6.54 Å². The van der Waals surface area contributed by atoms with Crippen molar-refractivity contribution in [1.29, 1.82) is 0 Å². The van der Waals surface area contributed by atoms with Crippen molar-refractivity contribution >= 4 is 22.9 Å². The van der Waals surface area contributed by atoms with Gasteiger partial charge in [-0.1, -0.05) is 5.16 Å². The molecule has 0 aromatic carbocycles. The van der Waals surface area contributed by atoms with E-state index in [1.54, 1.807) is 29.1 Å². The Labute approximate surface area is 108 Å². The van der Waals surface area contributed by atoms with Crippen LogP contribution in [0.15, 0.2) is 34.4 Å². The van der Waals surface area contributed by atoms with Crippen LogP contribution in [0.2, 0.25) is 0 Å². The van der Waals surface area contributed by atoms with Gasteiger partial charge in [0.2, 0.25) is 0 Å². The molecule has 0 aliphatic heterocycles. The Morgan fingerprint density at radius 1 is 1.56 bits per heavy atom. The monoisotopic (exact) mass is 263 g/mol. The van der Waals surface area contributed by atoms with Crippen molar-refractivity contribution in [1.82, 2.24) is 9.97 Å². The number of pyridine rings is 1. The highest BCUT2D eigenvalue weighted by Crippen LogP contribution is 2.15. The van der Waals surface area contributed by atoms with E-state index < -0.39 is 0 Å². The first-order valence-corrected chi connectivity index (χ1v) is 6.17. The summed E-state index contributed by atoms with van der Waals surface area (Å²) in [4.78, 5) is 10.3. The fourth-order valence-electron chi connectivity index (χ4n) is 1.50. The van der Waals surface area contributed by atoms with Crippen LogP contribution in [0.1, 0.15) is 11.4 Å². The molecule has 0 unspecified atom stereocenters. The summed E-state index contributed by atoms with van der Waals surface area (Å²) in [5.74, 6) is -0.00101. The molecule has 94 valence electrons. The highest BCUT2D eigenvalue weighted by atomic mass is 32.1. The van der Waals surface area contributed by atoms with E-state index in [2.05, 4.69) is 15.1 Å². The van der Waals surface area contributed by atoms with Crippen LogP contribution in [0.3, 0.4) is 0 Å². The minimum atomic E-state index is -0.00101. The first-order valence-electron chi connectivity index (χ1n) is 5.23. The van der Waals surface area contributed by atoms with Gasteiger partial charge in [0.15, 0.2) is 5.84 Å². The molecule has 0 saturated heterocycles. The van der Waals surface area contributed by atoms with E-state index in [1.165, 1.54) is 0 Å². The zero-order valence-electron chi connectivity index (χ0n) is 9.82. The van der Waals surface area contributed by atoms with Crippen molar-refractivity contribution in [2.24, 2.45) is 10.9 Å². The van der Waals surface area contributed by atoms with Crippen LogP contribution >= 0.6 is 11.3 Å². The number of oxime groups is 1. The van der Waals surface area contributed by atoms with Gasteiger partial charge in [-0.15, -0.1) is 11.3 Å². The number of hydrogen-bond donors (Lipinski definition) is 2. The average Bonchev–Trinajstić information content (AvgIpc) is 2.90. The molecule has 6 nitrogen and oxygen atoms in total. The minimum Gasteiger partial charge on any atom is -0.409 e. The third-order valence-electron chi connectivity index (χ3n) is 2.44. The van der Waals surface area contributed by atoms with E-state index in [0.717, 1.165) is 11.4 Å². The summed E-state index contributed by atoms with van der Waals surface area (Å²) in [6.45, 7) is 0.698. The largest absolute Gasteiger partial charge is 0.409 e. The topological polar surface area (TPSA) is 87.6 Å². The molecule has 0 aliphatic carbocycles. The van der Waals surface area contributed by atoms with Crippen LogP contribution in [0.5, 0.6) is 0 Å². The van der Waals surface area contributed by atoms with Crippen molar-refractivity contribution in [3.63, 3.8) is 0 Å². The van der Waals surface area contributed by atoms with E-state index in [0.29, 0.717) is 12.2 Å². The van der Waals surface area contributed by atoms with Crippen LogP contribution in [0.25, 0.3) is 0 Å². The van der Waals surface area contributed by atoms with Crippen LogP contribution in [-0.4, -0.2) is 28.1 Å². The fourth-order valence-corrected chi connectivity index (χ4v) is 2.05. The molecule has 7 heteroatoms. The van der Waals surface area contributed by atoms with Gasteiger partial charge in [-0.3, -0.25) is 4.98 Å². The Bertz CT molecular complexity index is 540. The number of rotatable bonds is 4. The number of hydrogen-bond acceptors (Lipinski definition) is 6. The quantitative estimate of drug-likeness (QED) is 0.375. The molecule has 0 spiro atoms. The summed E-state index contributed by atoms with van der Waals surface area (Å²) in [6.07, 6.45) is 1.63. The van der Waals surface area contributed by atoms with E-state index in [4.69, 9.17) is 10.9 Å². The molecule has 18 heavy (non-hydrogen) atoms. The first-order chi connectivity index (χ1) is 8.70. The summed E-state index contributed by atoms with van der Waals surface area (Å²) in [5, 5.41) is 13.6. The van der Waals surface area contributed by atoms with Crippen LogP contribution in [0.4, 0.5) is 5.69 Å². The second-order valence-electron chi connectivity index (χ2n) is 3.72. The molecule has 0 atom stereocenters. The number of amidine groups is 1. The fraction of sp³-hybridized carbons (Fsp3) is 0.182. The number of nitrogens with two attached hydrogens (primary N) is 1. The number of nitrogens with zero attached hydrogens (tertiary/aromatic N) is 4. The van der Waals surface area contributed by atoms with Gasteiger partial charge in [0.1, 0.15) is 5.69 Å². The van der Waals surface area contributed by atoms with Gasteiger partial charge in [0.25, 0.3) is 0 Å². The number of thiazole rings is 1. The summed E-state index contributed by atoms with van der Waals surface area (Å²) in [5.41, 5.74) is 9.69. The second-order valence-corrected chi connectivity index (χ2v) is 4.44. The molecule has 2 heterocycles. The molecule has 2 aromatic rings. The molecular formula is C11H13N5OS. The summed E-state index contributed by atoms with van der Waals surface area (Å²) >= 11 is 1.57. The summed E-state index contributed by atoms with van der Waals surface area (Å²) in [7, 11) is 1.95. The average molecular weight is 263 g/mol. The molecule has 0 bridgehead atoms. The van der Waals surface area contributed by atoms with E-state index in [-0.39, 0.29) is 5.84 Å². The van der Waals surface area contributed by atoms with E-state index >= 15 is 0 Å². The van der Waals surface area contributed by atoms with Gasteiger partial charge in [-0.05, 0) is 12.1 Å². The zero-order valence-corrected chi connectivity index (χ0v) is 10.6. The lowest BCUT2D eigenvalue weighted by molar-refractivity contribution is 0.318. The van der Waals surface area contributed by atoms with Gasteiger partial charge < -0.3 is 15.8 Å². The first kappa shape index (κ1) is 12.3. The zero-order chi connectivity index (χ0) is 13.0. The van der Waals surface area contributed by atoms with Gasteiger partial charge in [0.05, 0.1) is 17.7 Å². The lowest BCUT2D eigenvalue weighted by atomic mass is 10.2. The normalized spacial score (nSPS) is 11.5. The highest BCUT2D eigenvalue weighted by Gasteiger charge is 2.07. The summed E-state index contributed by atoms with van der Waals surface area (Å²) in [6, 6.07) is 3.63. The molecule has 3 N–H and O–H groups in total. The van der Waals surface area contributed by atoms with Crippen molar-refractivity contribution in [3.05, 3.63) is 40.6 Å². The van der Waals surface area contributed by atoms with Crippen molar-refractivity contribution in [2.45, 2.75) is 6.54 Å². The predicted octanol–water partition coefficient (Wildman–Crippen LogP) is 1.27. The van der Waals surface area contributed by atoms with Crippen LogP contribution < -0.4 is 10.6 Å². The predicted molar refractivity (Wildman–Crippen MR) is 71.0 cm³/mol. The second kappa shape index (κ2) is 5.46. The molecular weight excluding hydrogens is 250 g/mol. The third-order valence-corrected chi connectivity index (χ3v) is 3.07. The molecule has 0 aliphatic rings. The highest BCUT2D eigenvalue weighted by molar-refractivity contribution is 7.07. The Morgan fingerprint density at radius 2 is 2.39 bits per heavy atom. The van der Waals surface area contributed by atoms with Gasteiger partial charge >= 0.3 is 0 Å². The lowest BCUT2D eigenvalue weighted by Crippen LogP contribution is -2.19. The number of aromatic nitrogens is 2. The molecule has 2 rings (SSSR count). The Hall–Kier alpha value is -2.15.